The number of esters is 1. The zero-order valence-corrected chi connectivity index (χ0v) is 10.3. The van der Waals surface area contributed by atoms with E-state index in [1.807, 2.05) is 0 Å². The number of hydrogen-bond acceptors (Lipinski definition) is 5. The Morgan fingerprint density at radius 1 is 1.41 bits per heavy atom. The summed E-state index contributed by atoms with van der Waals surface area (Å²) in [4.78, 5) is 22.7. The Labute approximate surface area is 103 Å². The molecule has 0 aromatic heterocycles. The van der Waals surface area contributed by atoms with Crippen molar-refractivity contribution in [2.75, 3.05) is 18.6 Å². The van der Waals surface area contributed by atoms with Crippen LogP contribution in [0.1, 0.15) is 16.8 Å². The first-order valence-corrected chi connectivity index (χ1v) is 5.92. The minimum atomic E-state index is -0.500. The lowest BCUT2D eigenvalue weighted by atomic mass is 10.2. The molecule has 6 heteroatoms. The van der Waals surface area contributed by atoms with Crippen molar-refractivity contribution in [3.63, 3.8) is 0 Å². The molecular weight excluding hydrogens is 240 g/mol. The second-order valence-corrected chi connectivity index (χ2v) is 4.43. The number of nitrogen functional groups attached to an aromatic ring is 1. The second-order valence-electron chi connectivity index (χ2n) is 3.29. The fourth-order valence-corrected chi connectivity index (χ4v) is 2.09. The van der Waals surface area contributed by atoms with Crippen LogP contribution in [0.2, 0.25) is 0 Å². The van der Waals surface area contributed by atoms with E-state index in [1.165, 1.54) is 18.9 Å². The minimum Gasteiger partial charge on any atom is -0.469 e. The van der Waals surface area contributed by atoms with Gasteiger partial charge in [-0.05, 0) is 18.2 Å². The molecule has 1 rings (SSSR count). The highest BCUT2D eigenvalue weighted by molar-refractivity contribution is 7.99. The molecule has 1 amide bonds. The van der Waals surface area contributed by atoms with Crippen molar-refractivity contribution in [3.05, 3.63) is 23.8 Å². The summed E-state index contributed by atoms with van der Waals surface area (Å²) in [5.74, 6) is -0.235. The molecule has 4 N–H and O–H groups in total. The molecule has 0 spiro atoms. The van der Waals surface area contributed by atoms with Gasteiger partial charge in [0.05, 0.1) is 13.5 Å². The monoisotopic (exact) mass is 254 g/mol. The highest BCUT2D eigenvalue weighted by atomic mass is 32.2. The van der Waals surface area contributed by atoms with E-state index in [0.717, 1.165) is 4.90 Å². The summed E-state index contributed by atoms with van der Waals surface area (Å²) < 4.78 is 4.52. The molecule has 5 nitrogen and oxygen atoms in total. The quantitative estimate of drug-likeness (QED) is 0.464. The van der Waals surface area contributed by atoms with Gasteiger partial charge in [-0.25, -0.2) is 0 Å². The van der Waals surface area contributed by atoms with Crippen LogP contribution in [-0.4, -0.2) is 24.7 Å². The number of hydrogen-bond donors (Lipinski definition) is 2. The van der Waals surface area contributed by atoms with Gasteiger partial charge in [-0.1, -0.05) is 0 Å². The van der Waals surface area contributed by atoms with Crippen molar-refractivity contribution >= 4 is 29.3 Å². The van der Waals surface area contributed by atoms with Gasteiger partial charge in [-0.15, -0.1) is 11.8 Å². The van der Waals surface area contributed by atoms with Gasteiger partial charge in [-0.3, -0.25) is 9.59 Å². The van der Waals surface area contributed by atoms with E-state index in [4.69, 9.17) is 11.5 Å². The van der Waals surface area contributed by atoms with Gasteiger partial charge in [-0.2, -0.15) is 0 Å². The third-order valence-corrected chi connectivity index (χ3v) is 3.16. The van der Waals surface area contributed by atoms with E-state index < -0.39 is 5.91 Å². The molecule has 0 saturated carbocycles. The number of anilines is 1. The van der Waals surface area contributed by atoms with Crippen LogP contribution in [0.5, 0.6) is 0 Å². The van der Waals surface area contributed by atoms with Gasteiger partial charge in [0.2, 0.25) is 5.91 Å². The van der Waals surface area contributed by atoms with Gasteiger partial charge in [0.25, 0.3) is 0 Å². The molecule has 17 heavy (non-hydrogen) atoms. The van der Waals surface area contributed by atoms with Crippen molar-refractivity contribution in [1.29, 1.82) is 0 Å². The van der Waals surface area contributed by atoms with E-state index in [2.05, 4.69) is 4.74 Å². The number of carbonyl (C=O) groups is 2. The van der Waals surface area contributed by atoms with Crippen LogP contribution >= 0.6 is 11.8 Å². The van der Waals surface area contributed by atoms with E-state index in [9.17, 15) is 9.59 Å². The topological polar surface area (TPSA) is 95.4 Å². The highest BCUT2D eigenvalue weighted by Crippen LogP contribution is 2.26. The lowest BCUT2D eigenvalue weighted by Gasteiger charge is -2.06. The summed E-state index contributed by atoms with van der Waals surface area (Å²) in [6, 6.07) is 4.82. The van der Waals surface area contributed by atoms with Crippen LogP contribution in [0.25, 0.3) is 0 Å². The third-order valence-electron chi connectivity index (χ3n) is 2.09. The molecule has 0 unspecified atom stereocenters. The number of nitrogens with two attached hydrogens (primary N) is 2. The zero-order chi connectivity index (χ0) is 12.8. The minimum absolute atomic E-state index is 0.276. The van der Waals surface area contributed by atoms with Crippen molar-refractivity contribution in [2.24, 2.45) is 5.73 Å². The Morgan fingerprint density at radius 2 is 2.12 bits per heavy atom. The first kappa shape index (κ1) is 13.4. The number of rotatable bonds is 5. The van der Waals surface area contributed by atoms with E-state index in [-0.39, 0.29) is 5.97 Å². The number of ether oxygens (including phenoxy) is 1. The number of amides is 1. The lowest BCUT2D eigenvalue weighted by Crippen LogP contribution is -2.11. The molecule has 0 radical (unpaired) electrons. The maximum Gasteiger partial charge on any atom is 0.306 e. The summed E-state index contributed by atoms with van der Waals surface area (Å²) in [5, 5.41) is 0. The number of primary amides is 1. The molecular formula is C11H14N2O3S. The van der Waals surface area contributed by atoms with Crippen molar-refractivity contribution < 1.29 is 14.3 Å². The molecule has 1 aromatic carbocycles. The highest BCUT2D eigenvalue weighted by Gasteiger charge is 2.07. The van der Waals surface area contributed by atoms with E-state index in [0.29, 0.717) is 23.4 Å². The largest absolute Gasteiger partial charge is 0.469 e. The molecule has 0 aliphatic heterocycles. The molecule has 0 aliphatic carbocycles. The van der Waals surface area contributed by atoms with Crippen LogP contribution in [0.3, 0.4) is 0 Å². The first-order valence-electron chi connectivity index (χ1n) is 4.93. The first-order chi connectivity index (χ1) is 8.04. The SMILES string of the molecule is COC(=O)CCSc1cc(C(N)=O)ccc1N. The smallest absolute Gasteiger partial charge is 0.306 e. The second kappa shape index (κ2) is 6.15. The van der Waals surface area contributed by atoms with Gasteiger partial charge < -0.3 is 16.2 Å². The van der Waals surface area contributed by atoms with Crippen LogP contribution in [0.15, 0.2) is 23.1 Å². The standard InChI is InChI=1S/C11H14N2O3S/c1-16-10(14)4-5-17-9-6-7(11(13)15)2-3-8(9)12/h2-3,6H,4-5,12H2,1H3,(H2,13,15). The van der Waals surface area contributed by atoms with Gasteiger partial charge in [0, 0.05) is 21.9 Å². The van der Waals surface area contributed by atoms with E-state index in [1.54, 1.807) is 18.2 Å². The number of thioether (sulfide) groups is 1. The van der Waals surface area contributed by atoms with Gasteiger partial charge >= 0.3 is 5.97 Å². The lowest BCUT2D eigenvalue weighted by molar-refractivity contribution is -0.140. The summed E-state index contributed by atoms with van der Waals surface area (Å²) in [5.41, 5.74) is 11.9. The maximum absolute atomic E-state index is 11.0. The normalized spacial score (nSPS) is 9.94. The average Bonchev–Trinajstić information content (AvgIpc) is 2.30. The molecule has 0 bridgehead atoms. The van der Waals surface area contributed by atoms with Crippen molar-refractivity contribution in [3.8, 4) is 0 Å². The van der Waals surface area contributed by atoms with E-state index >= 15 is 0 Å². The fourth-order valence-electron chi connectivity index (χ4n) is 1.16. The maximum atomic E-state index is 11.0. The predicted octanol–water partition coefficient (Wildman–Crippen LogP) is 1.02. The fraction of sp³-hybridized carbons (Fsp3) is 0.273. The third kappa shape index (κ3) is 3.99. The molecule has 92 valence electrons. The van der Waals surface area contributed by atoms with Crippen molar-refractivity contribution in [1.82, 2.24) is 0 Å². The Bertz CT molecular complexity index is 435. The molecule has 0 fully saturated rings. The summed E-state index contributed by atoms with van der Waals surface area (Å²) >= 11 is 1.39. The predicted molar refractivity (Wildman–Crippen MR) is 66.7 cm³/mol. The molecule has 0 aliphatic rings. The Balaban J connectivity index is 2.66. The van der Waals surface area contributed by atoms with Crippen LogP contribution in [0, 0.1) is 0 Å². The van der Waals surface area contributed by atoms with Gasteiger partial charge in [0.15, 0.2) is 0 Å². The molecule has 0 saturated heterocycles. The van der Waals surface area contributed by atoms with Crippen LogP contribution in [0.4, 0.5) is 5.69 Å². The van der Waals surface area contributed by atoms with Crippen molar-refractivity contribution in [2.45, 2.75) is 11.3 Å². The van der Waals surface area contributed by atoms with Crippen LogP contribution < -0.4 is 11.5 Å². The molecule has 0 atom stereocenters. The van der Waals surface area contributed by atoms with Gasteiger partial charge in [0.1, 0.15) is 0 Å². The zero-order valence-electron chi connectivity index (χ0n) is 9.43. The molecule has 1 aromatic rings. The van der Waals surface area contributed by atoms with Crippen LogP contribution in [-0.2, 0) is 9.53 Å². The molecule has 0 heterocycles. The Kier molecular flexibility index (Phi) is 4.84. The number of methoxy groups -OCH3 is 1. The average molecular weight is 254 g/mol. The summed E-state index contributed by atoms with van der Waals surface area (Å²) in [6.07, 6.45) is 0.293. The number of benzene rings is 1. The Hall–Kier alpha value is -1.69. The summed E-state index contributed by atoms with van der Waals surface area (Å²) in [6.45, 7) is 0. The summed E-state index contributed by atoms with van der Waals surface area (Å²) in [7, 11) is 1.34. The number of carbonyl (C=O) groups excluding carboxylic acids is 2. The Morgan fingerprint density at radius 3 is 2.71 bits per heavy atom.